The van der Waals surface area contributed by atoms with Gasteiger partial charge in [-0.2, -0.15) is 0 Å². The van der Waals surface area contributed by atoms with Gasteiger partial charge < -0.3 is 20.1 Å². The quantitative estimate of drug-likeness (QED) is 0.291. The molecule has 2 N–H and O–H groups in total. The van der Waals surface area contributed by atoms with Crippen molar-refractivity contribution in [3.8, 4) is 5.75 Å². The van der Waals surface area contributed by atoms with Crippen molar-refractivity contribution in [2.24, 2.45) is 4.99 Å². The van der Waals surface area contributed by atoms with Crippen molar-refractivity contribution in [2.45, 2.75) is 26.9 Å². The number of hydrogen-bond acceptors (Lipinski definition) is 4. The summed E-state index contributed by atoms with van der Waals surface area (Å²) in [7, 11) is 0. The highest BCUT2D eigenvalue weighted by molar-refractivity contribution is 14.0. The molecule has 7 heteroatoms. The van der Waals surface area contributed by atoms with Gasteiger partial charge in [0.2, 0.25) is 0 Å². The van der Waals surface area contributed by atoms with Crippen LogP contribution in [-0.4, -0.2) is 56.9 Å². The SMILES string of the molecule is CCNC(=NCc1cccc(C)c1)NCc1ccccc1OCCN1CCOCC1.I. The summed E-state index contributed by atoms with van der Waals surface area (Å²) in [6, 6.07) is 16.7. The van der Waals surface area contributed by atoms with Gasteiger partial charge in [-0.25, -0.2) is 4.99 Å². The number of guanidine groups is 1. The van der Waals surface area contributed by atoms with Crippen LogP contribution in [0, 0.1) is 6.92 Å². The molecular formula is C24H35IN4O2. The molecule has 0 bridgehead atoms. The second-order valence-electron chi connectivity index (χ2n) is 7.45. The first kappa shape index (κ1) is 25.4. The Hall–Kier alpha value is -1.84. The van der Waals surface area contributed by atoms with E-state index in [1.165, 1.54) is 11.1 Å². The predicted molar refractivity (Wildman–Crippen MR) is 137 cm³/mol. The van der Waals surface area contributed by atoms with Crippen LogP contribution in [-0.2, 0) is 17.8 Å². The minimum Gasteiger partial charge on any atom is -0.492 e. The lowest BCUT2D eigenvalue weighted by molar-refractivity contribution is 0.0322. The Labute approximate surface area is 203 Å². The van der Waals surface area contributed by atoms with Gasteiger partial charge in [0.25, 0.3) is 0 Å². The summed E-state index contributed by atoms with van der Waals surface area (Å²) in [4.78, 5) is 7.11. The number of halogens is 1. The topological polar surface area (TPSA) is 58.1 Å². The molecule has 0 unspecified atom stereocenters. The highest BCUT2D eigenvalue weighted by Gasteiger charge is 2.11. The third-order valence-electron chi connectivity index (χ3n) is 5.03. The van der Waals surface area contributed by atoms with Gasteiger partial charge in [0.05, 0.1) is 19.8 Å². The summed E-state index contributed by atoms with van der Waals surface area (Å²) in [5.74, 6) is 1.73. The molecule has 2 aromatic rings. The van der Waals surface area contributed by atoms with Gasteiger partial charge in [-0.3, -0.25) is 4.90 Å². The summed E-state index contributed by atoms with van der Waals surface area (Å²) in [6.07, 6.45) is 0. The highest BCUT2D eigenvalue weighted by atomic mass is 127. The molecule has 1 heterocycles. The molecule has 1 fully saturated rings. The number of nitrogens with one attached hydrogen (secondary N) is 2. The largest absolute Gasteiger partial charge is 0.492 e. The lowest BCUT2D eigenvalue weighted by Gasteiger charge is -2.26. The summed E-state index contributed by atoms with van der Waals surface area (Å²) >= 11 is 0. The van der Waals surface area contributed by atoms with Crippen LogP contribution < -0.4 is 15.4 Å². The zero-order valence-corrected chi connectivity index (χ0v) is 20.9. The Bertz CT molecular complexity index is 810. The molecule has 0 radical (unpaired) electrons. The first-order valence-electron chi connectivity index (χ1n) is 10.8. The Kier molecular flexibility index (Phi) is 11.7. The van der Waals surface area contributed by atoms with E-state index in [-0.39, 0.29) is 24.0 Å². The van der Waals surface area contributed by atoms with Gasteiger partial charge in [0.1, 0.15) is 12.4 Å². The zero-order valence-electron chi connectivity index (χ0n) is 18.6. The maximum atomic E-state index is 6.09. The van der Waals surface area contributed by atoms with E-state index in [4.69, 9.17) is 14.5 Å². The van der Waals surface area contributed by atoms with Crippen LogP contribution in [0.3, 0.4) is 0 Å². The van der Waals surface area contributed by atoms with Gasteiger partial charge in [0.15, 0.2) is 5.96 Å². The van der Waals surface area contributed by atoms with Gasteiger partial charge in [-0.1, -0.05) is 48.0 Å². The number of hydrogen-bond donors (Lipinski definition) is 2. The first-order chi connectivity index (χ1) is 14.7. The number of aliphatic imine (C=N–C) groups is 1. The number of benzene rings is 2. The third kappa shape index (κ3) is 9.04. The van der Waals surface area contributed by atoms with Gasteiger partial charge in [-0.15, -0.1) is 24.0 Å². The van der Waals surface area contributed by atoms with Crippen LogP contribution in [0.4, 0.5) is 0 Å². The molecule has 0 saturated carbocycles. The van der Waals surface area contributed by atoms with Crippen molar-refractivity contribution in [3.63, 3.8) is 0 Å². The predicted octanol–water partition coefficient (Wildman–Crippen LogP) is 3.58. The van der Waals surface area contributed by atoms with Crippen molar-refractivity contribution in [1.29, 1.82) is 0 Å². The standard InChI is InChI=1S/C24H34N4O2.HI/c1-3-25-24(26-18-21-8-6-7-20(2)17-21)27-19-22-9-4-5-10-23(22)30-16-13-28-11-14-29-15-12-28;/h4-10,17H,3,11-16,18-19H2,1-2H3,(H2,25,26,27);1H. The van der Waals surface area contributed by atoms with E-state index >= 15 is 0 Å². The molecule has 0 aliphatic carbocycles. The molecule has 1 aliphatic heterocycles. The fourth-order valence-electron chi connectivity index (χ4n) is 3.40. The Morgan fingerprint density at radius 1 is 1.10 bits per heavy atom. The molecule has 2 aromatic carbocycles. The van der Waals surface area contributed by atoms with Gasteiger partial charge in [0, 0.05) is 38.3 Å². The van der Waals surface area contributed by atoms with Crippen LogP contribution in [0.2, 0.25) is 0 Å². The second kappa shape index (κ2) is 14.3. The van der Waals surface area contributed by atoms with E-state index in [2.05, 4.69) is 59.7 Å². The maximum Gasteiger partial charge on any atom is 0.191 e. The summed E-state index contributed by atoms with van der Waals surface area (Å²) in [5, 5.41) is 6.76. The average Bonchev–Trinajstić information content (AvgIpc) is 2.77. The maximum absolute atomic E-state index is 6.09. The summed E-state index contributed by atoms with van der Waals surface area (Å²) in [5.41, 5.74) is 3.59. The number of ether oxygens (including phenoxy) is 2. The fourth-order valence-corrected chi connectivity index (χ4v) is 3.40. The van der Waals surface area contributed by atoms with Gasteiger partial charge in [-0.05, 0) is 25.5 Å². The molecule has 1 saturated heterocycles. The Balaban J connectivity index is 0.00000341. The number of para-hydroxylation sites is 1. The first-order valence-corrected chi connectivity index (χ1v) is 10.8. The minimum atomic E-state index is 0. The molecule has 0 aromatic heterocycles. The average molecular weight is 538 g/mol. The van der Waals surface area contributed by atoms with Crippen LogP contribution in [0.15, 0.2) is 53.5 Å². The van der Waals surface area contributed by atoms with E-state index < -0.39 is 0 Å². The second-order valence-corrected chi connectivity index (χ2v) is 7.45. The number of nitrogens with zero attached hydrogens (tertiary/aromatic N) is 2. The van der Waals surface area contributed by atoms with E-state index in [1.54, 1.807) is 0 Å². The van der Waals surface area contributed by atoms with Crippen molar-refractivity contribution in [1.82, 2.24) is 15.5 Å². The zero-order chi connectivity index (χ0) is 21.0. The fraction of sp³-hybridized carbons (Fsp3) is 0.458. The van der Waals surface area contributed by atoms with Crippen molar-refractivity contribution in [2.75, 3.05) is 46.0 Å². The number of aryl methyl sites for hydroxylation is 1. The number of rotatable bonds is 9. The molecule has 1 aliphatic rings. The molecular weight excluding hydrogens is 503 g/mol. The van der Waals surface area contributed by atoms with E-state index in [9.17, 15) is 0 Å². The van der Waals surface area contributed by atoms with Gasteiger partial charge >= 0.3 is 0 Å². The smallest absolute Gasteiger partial charge is 0.191 e. The summed E-state index contributed by atoms with van der Waals surface area (Å²) < 4.78 is 11.5. The monoisotopic (exact) mass is 538 g/mol. The molecule has 0 amide bonds. The number of morpholine rings is 1. The lowest BCUT2D eigenvalue weighted by atomic mass is 10.1. The van der Waals surface area contributed by atoms with Crippen LogP contribution >= 0.6 is 24.0 Å². The summed E-state index contributed by atoms with van der Waals surface area (Å²) in [6.45, 7) is 11.5. The lowest BCUT2D eigenvalue weighted by Crippen LogP contribution is -2.38. The van der Waals surface area contributed by atoms with E-state index in [0.717, 1.165) is 56.7 Å². The normalized spacial score (nSPS) is 14.6. The van der Waals surface area contributed by atoms with E-state index in [0.29, 0.717) is 19.7 Å². The molecule has 0 spiro atoms. The van der Waals surface area contributed by atoms with E-state index in [1.807, 2.05) is 18.2 Å². The highest BCUT2D eigenvalue weighted by Crippen LogP contribution is 2.17. The molecule has 3 rings (SSSR count). The molecule has 170 valence electrons. The minimum absolute atomic E-state index is 0. The van der Waals surface area contributed by atoms with Crippen molar-refractivity contribution in [3.05, 3.63) is 65.2 Å². The van der Waals surface area contributed by atoms with Crippen LogP contribution in [0.5, 0.6) is 5.75 Å². The Morgan fingerprint density at radius 3 is 2.68 bits per heavy atom. The molecule has 0 atom stereocenters. The molecule has 31 heavy (non-hydrogen) atoms. The third-order valence-corrected chi connectivity index (χ3v) is 5.03. The van der Waals surface area contributed by atoms with Crippen molar-refractivity contribution >= 4 is 29.9 Å². The van der Waals surface area contributed by atoms with Crippen molar-refractivity contribution < 1.29 is 9.47 Å². The van der Waals surface area contributed by atoms with Crippen LogP contribution in [0.25, 0.3) is 0 Å². The molecule has 6 nitrogen and oxygen atoms in total. The Morgan fingerprint density at radius 2 is 1.90 bits per heavy atom. The van der Waals surface area contributed by atoms with Crippen LogP contribution in [0.1, 0.15) is 23.6 Å².